The Morgan fingerprint density at radius 2 is 1.93 bits per heavy atom. The summed E-state index contributed by atoms with van der Waals surface area (Å²) in [5.74, 6) is -0.509. The van der Waals surface area contributed by atoms with Crippen LogP contribution in [-0.2, 0) is 0 Å². The van der Waals surface area contributed by atoms with Gasteiger partial charge < -0.3 is 10.5 Å². The molecule has 2 nitrogen and oxygen atoms in total. The molecule has 0 aliphatic heterocycles. The molecule has 0 atom stereocenters. The summed E-state index contributed by atoms with van der Waals surface area (Å²) in [5, 5.41) is -0.00764. The zero-order valence-corrected chi connectivity index (χ0v) is 8.87. The van der Waals surface area contributed by atoms with Crippen molar-refractivity contribution in [3.8, 4) is 5.75 Å². The molecule has 0 fully saturated rings. The fourth-order valence-electron chi connectivity index (χ4n) is 0.762. The lowest BCUT2D eigenvalue weighted by Crippen LogP contribution is -2.18. The van der Waals surface area contributed by atoms with E-state index in [0.717, 1.165) is 6.07 Å². The molecule has 0 unspecified atom stereocenters. The summed E-state index contributed by atoms with van der Waals surface area (Å²) in [6.45, 7) is 0. The molecule has 0 saturated heterocycles. The fourth-order valence-corrected chi connectivity index (χ4v) is 1.26. The van der Waals surface area contributed by atoms with Gasteiger partial charge in [0, 0.05) is 4.47 Å². The average molecular weight is 290 g/mol. The van der Waals surface area contributed by atoms with Gasteiger partial charge in [-0.05, 0) is 28.1 Å². The molecule has 0 bridgehead atoms. The third kappa shape index (κ3) is 2.68. The largest absolute Gasteiger partial charge is 0.573 e. The highest BCUT2D eigenvalue weighted by atomic mass is 79.9. The van der Waals surface area contributed by atoms with Gasteiger partial charge >= 0.3 is 6.36 Å². The number of anilines is 1. The number of ether oxygens (including phenoxy) is 1. The molecule has 1 aromatic carbocycles. The van der Waals surface area contributed by atoms with Gasteiger partial charge in [-0.2, -0.15) is 0 Å². The predicted octanol–water partition coefficient (Wildman–Crippen LogP) is 3.58. The molecule has 78 valence electrons. The first-order valence-corrected chi connectivity index (χ1v) is 4.47. The van der Waals surface area contributed by atoms with Gasteiger partial charge in [-0.15, -0.1) is 13.2 Å². The zero-order chi connectivity index (χ0) is 10.9. The molecular weight excluding hydrogens is 286 g/mol. The highest BCUT2D eigenvalue weighted by Gasteiger charge is 2.32. The van der Waals surface area contributed by atoms with Gasteiger partial charge in [0.2, 0.25) is 0 Å². The molecule has 0 aliphatic rings. The van der Waals surface area contributed by atoms with Gasteiger partial charge in [0.05, 0.1) is 10.7 Å². The normalized spacial score (nSPS) is 11.5. The number of nitrogen functional groups attached to an aromatic ring is 1. The Hall–Kier alpha value is -0.620. The van der Waals surface area contributed by atoms with Crippen LogP contribution >= 0.6 is 27.5 Å². The van der Waals surface area contributed by atoms with Crippen molar-refractivity contribution in [3.63, 3.8) is 0 Å². The van der Waals surface area contributed by atoms with Crippen LogP contribution in [0.4, 0.5) is 18.9 Å². The average Bonchev–Trinajstić information content (AvgIpc) is 2.04. The number of nitrogens with two attached hydrogens (primary N) is 1. The van der Waals surface area contributed by atoms with E-state index in [-0.39, 0.29) is 10.7 Å². The molecule has 0 radical (unpaired) electrons. The summed E-state index contributed by atoms with van der Waals surface area (Å²) in [7, 11) is 0. The Balaban J connectivity index is 3.06. The summed E-state index contributed by atoms with van der Waals surface area (Å²) in [5.41, 5.74) is 5.05. The third-order valence-electron chi connectivity index (χ3n) is 1.32. The Labute approximate surface area is 90.9 Å². The molecule has 2 N–H and O–H groups in total. The second kappa shape index (κ2) is 3.86. The summed E-state index contributed by atoms with van der Waals surface area (Å²) < 4.78 is 39.5. The number of halogens is 5. The first kappa shape index (κ1) is 11.5. The molecule has 14 heavy (non-hydrogen) atoms. The number of hydrogen-bond acceptors (Lipinski definition) is 2. The topological polar surface area (TPSA) is 35.2 Å². The van der Waals surface area contributed by atoms with Crippen molar-refractivity contribution in [1.82, 2.24) is 0 Å². The smallest absolute Gasteiger partial charge is 0.404 e. The molecule has 0 amide bonds. The summed E-state index contributed by atoms with van der Waals surface area (Å²) in [6.07, 6.45) is -4.77. The lowest BCUT2D eigenvalue weighted by Gasteiger charge is -2.12. The Kier molecular flexibility index (Phi) is 3.16. The van der Waals surface area contributed by atoms with Crippen LogP contribution in [0.5, 0.6) is 5.75 Å². The summed E-state index contributed by atoms with van der Waals surface area (Å²) >= 11 is 8.60. The fraction of sp³-hybridized carbons (Fsp3) is 0.143. The van der Waals surface area contributed by atoms with E-state index in [1.54, 1.807) is 0 Å². The van der Waals surface area contributed by atoms with Crippen LogP contribution in [0.25, 0.3) is 0 Å². The second-order valence-electron chi connectivity index (χ2n) is 2.32. The van der Waals surface area contributed by atoms with Crippen molar-refractivity contribution < 1.29 is 17.9 Å². The van der Waals surface area contributed by atoms with Gasteiger partial charge in [-0.3, -0.25) is 0 Å². The lowest BCUT2D eigenvalue weighted by atomic mass is 10.3. The summed E-state index contributed by atoms with van der Waals surface area (Å²) in [6, 6.07) is 2.40. The third-order valence-corrected chi connectivity index (χ3v) is 2.61. The van der Waals surface area contributed by atoms with E-state index in [9.17, 15) is 13.2 Å². The maximum Gasteiger partial charge on any atom is 0.573 e. The van der Waals surface area contributed by atoms with Crippen LogP contribution in [0.15, 0.2) is 16.6 Å². The van der Waals surface area contributed by atoms with Crippen LogP contribution < -0.4 is 10.5 Å². The predicted molar refractivity (Wildman–Crippen MR) is 50.2 cm³/mol. The molecule has 0 saturated carbocycles. The van der Waals surface area contributed by atoms with Crippen molar-refractivity contribution >= 4 is 33.2 Å². The van der Waals surface area contributed by atoms with Crippen LogP contribution in [0.1, 0.15) is 0 Å². The van der Waals surface area contributed by atoms with Crippen molar-refractivity contribution in [2.24, 2.45) is 0 Å². The first-order valence-electron chi connectivity index (χ1n) is 3.30. The highest BCUT2D eigenvalue weighted by Crippen LogP contribution is 2.37. The van der Waals surface area contributed by atoms with Crippen molar-refractivity contribution in [1.29, 1.82) is 0 Å². The molecule has 0 aromatic heterocycles. The minimum Gasteiger partial charge on any atom is -0.404 e. The van der Waals surface area contributed by atoms with Gasteiger partial charge in [0.15, 0.2) is 5.75 Å². The van der Waals surface area contributed by atoms with E-state index in [1.807, 2.05) is 0 Å². The summed E-state index contributed by atoms with van der Waals surface area (Å²) in [4.78, 5) is 0. The molecular formula is C7H4BrClF3NO. The van der Waals surface area contributed by atoms with E-state index in [1.165, 1.54) is 6.07 Å². The molecule has 0 spiro atoms. The Bertz CT molecular complexity index is 356. The Morgan fingerprint density at radius 3 is 2.43 bits per heavy atom. The number of benzene rings is 1. The van der Waals surface area contributed by atoms with E-state index >= 15 is 0 Å². The molecule has 7 heteroatoms. The second-order valence-corrected chi connectivity index (χ2v) is 3.55. The lowest BCUT2D eigenvalue weighted by molar-refractivity contribution is -0.274. The number of rotatable bonds is 1. The maximum absolute atomic E-state index is 11.8. The Morgan fingerprint density at radius 1 is 1.36 bits per heavy atom. The highest BCUT2D eigenvalue weighted by molar-refractivity contribution is 9.10. The minimum absolute atomic E-state index is 0.00764. The van der Waals surface area contributed by atoms with Crippen LogP contribution in [-0.4, -0.2) is 6.36 Å². The number of alkyl halides is 3. The van der Waals surface area contributed by atoms with Gasteiger partial charge in [-0.25, -0.2) is 0 Å². The van der Waals surface area contributed by atoms with Gasteiger partial charge in [0.25, 0.3) is 0 Å². The van der Waals surface area contributed by atoms with Crippen molar-refractivity contribution in [2.75, 3.05) is 5.73 Å². The van der Waals surface area contributed by atoms with Crippen molar-refractivity contribution in [3.05, 3.63) is 21.6 Å². The molecule has 1 rings (SSSR count). The van der Waals surface area contributed by atoms with E-state index < -0.39 is 12.1 Å². The van der Waals surface area contributed by atoms with Crippen LogP contribution in [0.2, 0.25) is 5.02 Å². The van der Waals surface area contributed by atoms with E-state index in [2.05, 4.69) is 20.7 Å². The van der Waals surface area contributed by atoms with Gasteiger partial charge in [0.1, 0.15) is 0 Å². The molecule has 0 heterocycles. The SMILES string of the molecule is Nc1c(OC(F)(F)F)ccc(Br)c1Cl. The monoisotopic (exact) mass is 289 g/mol. The minimum atomic E-state index is -4.77. The molecule has 0 aliphatic carbocycles. The van der Waals surface area contributed by atoms with Crippen molar-refractivity contribution in [2.45, 2.75) is 6.36 Å². The van der Waals surface area contributed by atoms with Crippen LogP contribution in [0.3, 0.4) is 0 Å². The van der Waals surface area contributed by atoms with E-state index in [4.69, 9.17) is 17.3 Å². The van der Waals surface area contributed by atoms with Gasteiger partial charge in [-0.1, -0.05) is 11.6 Å². The first-order chi connectivity index (χ1) is 6.31. The molecule has 1 aromatic rings. The number of hydrogen-bond donors (Lipinski definition) is 1. The zero-order valence-electron chi connectivity index (χ0n) is 6.53. The van der Waals surface area contributed by atoms with Crippen LogP contribution in [0, 0.1) is 0 Å². The standard InChI is InChI=1S/C7H4BrClF3NO/c8-3-1-2-4(6(13)5(3)9)14-7(10,11)12/h1-2H,13H2. The van der Waals surface area contributed by atoms with E-state index in [0.29, 0.717) is 4.47 Å². The maximum atomic E-state index is 11.8. The quantitative estimate of drug-likeness (QED) is 0.802.